The van der Waals surface area contributed by atoms with E-state index < -0.39 is 12.2 Å². The second kappa shape index (κ2) is 8.54. The lowest BCUT2D eigenvalue weighted by molar-refractivity contribution is -0.119. The molecule has 1 heterocycles. The standard InChI is InChI=1S/C17H23NO4/c19-15-8-4-5-9-16(20)12-18(11-10-15)17(21)22-13-14-6-2-1-3-7-14/h1-3,6-7,16,20H,4-5,8-13H2. The molecule has 2 rings (SSSR count). The SMILES string of the molecule is O=C1CCCCC(O)CN(C(=O)OCc2ccccc2)CC1. The number of nitrogens with zero attached hydrogens (tertiary/aromatic N) is 1. The molecular weight excluding hydrogens is 282 g/mol. The van der Waals surface area contributed by atoms with E-state index in [9.17, 15) is 14.7 Å². The number of aliphatic hydroxyl groups excluding tert-OH is 1. The smallest absolute Gasteiger partial charge is 0.410 e. The minimum atomic E-state index is -0.558. The Morgan fingerprint density at radius 2 is 2.00 bits per heavy atom. The minimum Gasteiger partial charge on any atom is -0.445 e. The van der Waals surface area contributed by atoms with E-state index in [4.69, 9.17) is 4.74 Å². The maximum absolute atomic E-state index is 12.2. The van der Waals surface area contributed by atoms with Crippen molar-refractivity contribution in [2.75, 3.05) is 13.1 Å². The Labute approximate surface area is 130 Å². The van der Waals surface area contributed by atoms with Gasteiger partial charge < -0.3 is 14.7 Å². The number of hydrogen-bond donors (Lipinski definition) is 1. The zero-order chi connectivity index (χ0) is 15.8. The zero-order valence-corrected chi connectivity index (χ0v) is 12.7. The van der Waals surface area contributed by atoms with E-state index in [1.165, 1.54) is 4.90 Å². The summed E-state index contributed by atoms with van der Waals surface area (Å²) in [5.74, 6) is 0.164. The van der Waals surface area contributed by atoms with Crippen LogP contribution < -0.4 is 0 Å². The fourth-order valence-corrected chi connectivity index (χ4v) is 2.50. The molecular formula is C17H23NO4. The average molecular weight is 305 g/mol. The number of β-amino-alcohol motifs (C(OH)–C–C–N with tert-alkyl or cyclic N) is 1. The summed E-state index contributed by atoms with van der Waals surface area (Å²) in [4.78, 5) is 25.3. The van der Waals surface area contributed by atoms with Gasteiger partial charge in [-0.15, -0.1) is 0 Å². The van der Waals surface area contributed by atoms with Gasteiger partial charge in [0.05, 0.1) is 6.10 Å². The number of benzene rings is 1. The van der Waals surface area contributed by atoms with Gasteiger partial charge in [-0.05, 0) is 18.4 Å². The third-order valence-electron chi connectivity index (χ3n) is 3.80. The van der Waals surface area contributed by atoms with Crippen LogP contribution in [0.4, 0.5) is 4.79 Å². The van der Waals surface area contributed by atoms with Gasteiger partial charge in [0, 0.05) is 25.9 Å². The van der Waals surface area contributed by atoms with Gasteiger partial charge in [-0.25, -0.2) is 4.79 Å². The number of Topliss-reactive ketones (excluding diaryl/α,β-unsaturated/α-hetero) is 1. The molecule has 0 aliphatic carbocycles. The highest BCUT2D eigenvalue weighted by molar-refractivity contribution is 5.79. The summed E-state index contributed by atoms with van der Waals surface area (Å²) in [7, 11) is 0. The molecule has 1 atom stereocenters. The second-order valence-corrected chi connectivity index (χ2v) is 5.67. The van der Waals surface area contributed by atoms with Crippen LogP contribution >= 0.6 is 0 Å². The number of carbonyl (C=O) groups is 2. The predicted octanol–water partition coefficient (Wildman–Crippen LogP) is 2.52. The first-order valence-electron chi connectivity index (χ1n) is 7.80. The number of carbonyl (C=O) groups excluding carboxylic acids is 2. The molecule has 1 amide bonds. The first-order chi connectivity index (χ1) is 10.6. The molecule has 0 aromatic heterocycles. The third-order valence-corrected chi connectivity index (χ3v) is 3.80. The van der Waals surface area contributed by atoms with Crippen LogP contribution in [0.25, 0.3) is 0 Å². The Kier molecular flexibility index (Phi) is 6.40. The molecule has 1 unspecified atom stereocenters. The molecule has 1 aromatic rings. The first-order valence-corrected chi connectivity index (χ1v) is 7.80. The highest BCUT2D eigenvalue weighted by Crippen LogP contribution is 2.12. The number of ketones is 1. The quantitative estimate of drug-likeness (QED) is 0.911. The molecule has 0 spiro atoms. The number of ether oxygens (including phenoxy) is 1. The lowest BCUT2D eigenvalue weighted by Crippen LogP contribution is -2.39. The highest BCUT2D eigenvalue weighted by atomic mass is 16.6. The molecule has 1 aliphatic heterocycles. The van der Waals surface area contributed by atoms with Gasteiger partial charge in [0.15, 0.2) is 0 Å². The van der Waals surface area contributed by atoms with Crippen molar-refractivity contribution in [3.63, 3.8) is 0 Å². The third kappa shape index (κ3) is 5.48. The Balaban J connectivity index is 1.90. The number of amides is 1. The van der Waals surface area contributed by atoms with E-state index in [0.29, 0.717) is 25.8 Å². The maximum atomic E-state index is 12.2. The van der Waals surface area contributed by atoms with Crippen molar-refractivity contribution >= 4 is 11.9 Å². The molecule has 22 heavy (non-hydrogen) atoms. The molecule has 1 aromatic carbocycles. The van der Waals surface area contributed by atoms with Gasteiger partial charge in [0.25, 0.3) is 0 Å². The molecule has 0 radical (unpaired) electrons. The Morgan fingerprint density at radius 1 is 1.23 bits per heavy atom. The topological polar surface area (TPSA) is 66.8 Å². The summed E-state index contributed by atoms with van der Waals surface area (Å²) in [5, 5.41) is 9.97. The molecule has 1 saturated heterocycles. The van der Waals surface area contributed by atoms with E-state index in [0.717, 1.165) is 18.4 Å². The maximum Gasteiger partial charge on any atom is 0.410 e. The molecule has 120 valence electrons. The first kappa shape index (κ1) is 16.5. The van der Waals surface area contributed by atoms with Crippen LogP contribution in [0.1, 0.15) is 37.7 Å². The summed E-state index contributed by atoms with van der Waals surface area (Å²) < 4.78 is 5.28. The van der Waals surface area contributed by atoms with Crippen LogP contribution in [-0.2, 0) is 16.1 Å². The van der Waals surface area contributed by atoms with Crippen molar-refractivity contribution in [2.45, 2.75) is 44.8 Å². The highest BCUT2D eigenvalue weighted by Gasteiger charge is 2.21. The number of aliphatic hydroxyl groups is 1. The number of rotatable bonds is 2. The lowest BCUT2D eigenvalue weighted by atomic mass is 10.0. The van der Waals surface area contributed by atoms with Crippen LogP contribution in [0.3, 0.4) is 0 Å². The van der Waals surface area contributed by atoms with Gasteiger partial charge in [-0.2, -0.15) is 0 Å². The van der Waals surface area contributed by atoms with Gasteiger partial charge in [0.2, 0.25) is 0 Å². The monoisotopic (exact) mass is 305 g/mol. The summed E-state index contributed by atoms with van der Waals surface area (Å²) in [5.41, 5.74) is 0.911. The largest absolute Gasteiger partial charge is 0.445 e. The van der Waals surface area contributed by atoms with Crippen molar-refractivity contribution in [1.29, 1.82) is 0 Å². The van der Waals surface area contributed by atoms with Gasteiger partial charge >= 0.3 is 6.09 Å². The van der Waals surface area contributed by atoms with Crippen molar-refractivity contribution < 1.29 is 19.4 Å². The predicted molar refractivity (Wildman–Crippen MR) is 82.3 cm³/mol. The second-order valence-electron chi connectivity index (χ2n) is 5.67. The molecule has 1 aliphatic rings. The average Bonchev–Trinajstić information content (AvgIpc) is 2.54. The van der Waals surface area contributed by atoms with E-state index >= 15 is 0 Å². The van der Waals surface area contributed by atoms with Crippen LogP contribution in [-0.4, -0.2) is 41.1 Å². The molecule has 5 nitrogen and oxygen atoms in total. The Morgan fingerprint density at radius 3 is 2.77 bits per heavy atom. The molecule has 1 fully saturated rings. The molecule has 0 bridgehead atoms. The summed E-state index contributed by atoms with van der Waals surface area (Å²) in [6.45, 7) is 0.727. The van der Waals surface area contributed by atoms with Crippen LogP contribution in [0, 0.1) is 0 Å². The van der Waals surface area contributed by atoms with Gasteiger partial charge in [-0.1, -0.05) is 36.8 Å². The summed E-state index contributed by atoms with van der Waals surface area (Å²) >= 11 is 0. The lowest BCUT2D eigenvalue weighted by Gasteiger charge is -2.25. The Hall–Kier alpha value is -1.88. The van der Waals surface area contributed by atoms with Crippen molar-refractivity contribution in [2.24, 2.45) is 0 Å². The van der Waals surface area contributed by atoms with Crippen molar-refractivity contribution in [1.82, 2.24) is 4.90 Å². The molecule has 1 N–H and O–H groups in total. The van der Waals surface area contributed by atoms with Gasteiger partial charge in [0.1, 0.15) is 12.4 Å². The minimum absolute atomic E-state index is 0.164. The zero-order valence-electron chi connectivity index (χ0n) is 12.7. The Bertz CT molecular complexity index is 489. The molecule has 0 saturated carbocycles. The number of hydrogen-bond acceptors (Lipinski definition) is 4. The fourth-order valence-electron chi connectivity index (χ4n) is 2.50. The summed E-state index contributed by atoms with van der Waals surface area (Å²) in [6, 6.07) is 9.44. The summed E-state index contributed by atoms with van der Waals surface area (Å²) in [6.07, 6.45) is 2.05. The van der Waals surface area contributed by atoms with E-state index in [1.54, 1.807) is 0 Å². The van der Waals surface area contributed by atoms with Crippen LogP contribution in [0.15, 0.2) is 30.3 Å². The van der Waals surface area contributed by atoms with Gasteiger partial charge in [-0.3, -0.25) is 4.79 Å². The van der Waals surface area contributed by atoms with E-state index in [1.807, 2.05) is 30.3 Å². The van der Waals surface area contributed by atoms with E-state index in [-0.39, 0.29) is 18.9 Å². The van der Waals surface area contributed by atoms with Crippen molar-refractivity contribution in [3.05, 3.63) is 35.9 Å². The van der Waals surface area contributed by atoms with Crippen molar-refractivity contribution in [3.8, 4) is 0 Å². The van der Waals surface area contributed by atoms with E-state index in [2.05, 4.69) is 0 Å². The van der Waals surface area contributed by atoms with Crippen LogP contribution in [0.5, 0.6) is 0 Å². The normalized spacial score (nSPS) is 20.5. The molecule has 5 heteroatoms. The fraction of sp³-hybridized carbons (Fsp3) is 0.529. The van der Waals surface area contributed by atoms with Crippen LogP contribution in [0.2, 0.25) is 0 Å².